The molecule has 7 heteroatoms. The molecule has 0 aromatic heterocycles. The number of nitrogens with two attached hydrogens (primary N) is 1. The number of sulfonamides is 1. The zero-order chi connectivity index (χ0) is 14.6. The number of hydrogen-bond donors (Lipinski definition) is 1. The summed E-state index contributed by atoms with van der Waals surface area (Å²) in [4.78, 5) is -0.202. The highest BCUT2D eigenvalue weighted by Gasteiger charge is 2.24. The van der Waals surface area contributed by atoms with Crippen LogP contribution >= 0.6 is 11.6 Å². The van der Waals surface area contributed by atoms with Gasteiger partial charge >= 0.3 is 0 Å². The molecule has 0 saturated carbocycles. The molecular weight excluding hydrogens is 291 g/mol. The molecule has 0 aliphatic rings. The number of rotatable bonds is 5. The van der Waals surface area contributed by atoms with Crippen LogP contribution < -0.4 is 5.73 Å². The molecule has 1 aromatic carbocycles. The third-order valence-corrected chi connectivity index (χ3v) is 4.88. The minimum absolute atomic E-state index is 0.0552. The Morgan fingerprint density at radius 2 is 2.16 bits per heavy atom. The van der Waals surface area contributed by atoms with E-state index in [1.807, 2.05) is 0 Å². The van der Waals surface area contributed by atoms with Gasteiger partial charge in [-0.25, -0.2) is 12.8 Å². The molecule has 0 fully saturated rings. The van der Waals surface area contributed by atoms with E-state index in [0.717, 1.165) is 10.4 Å². The van der Waals surface area contributed by atoms with Gasteiger partial charge in [-0.15, -0.1) is 6.42 Å². The Labute approximate surface area is 117 Å². The van der Waals surface area contributed by atoms with Crippen molar-refractivity contribution in [2.45, 2.75) is 18.4 Å². The Morgan fingerprint density at radius 1 is 1.53 bits per heavy atom. The van der Waals surface area contributed by atoms with Crippen LogP contribution in [0.15, 0.2) is 17.0 Å². The molecule has 0 radical (unpaired) electrons. The maximum absolute atomic E-state index is 13.6. The van der Waals surface area contributed by atoms with E-state index in [0.29, 0.717) is 0 Å². The first-order chi connectivity index (χ1) is 8.88. The van der Waals surface area contributed by atoms with Gasteiger partial charge in [-0.3, -0.25) is 0 Å². The summed E-state index contributed by atoms with van der Waals surface area (Å²) in [5, 5.41) is -0.165. The molecule has 0 unspecified atom stereocenters. The molecule has 19 heavy (non-hydrogen) atoms. The molecule has 0 atom stereocenters. The molecule has 0 amide bonds. The number of nitrogens with zero attached hydrogens (tertiary/aromatic N) is 1. The van der Waals surface area contributed by atoms with Gasteiger partial charge in [0, 0.05) is 13.1 Å². The minimum atomic E-state index is -3.85. The molecule has 0 aliphatic heterocycles. The topological polar surface area (TPSA) is 63.4 Å². The monoisotopic (exact) mass is 304 g/mol. The van der Waals surface area contributed by atoms with Crippen LogP contribution in [0.25, 0.3) is 0 Å². The number of halogens is 2. The maximum atomic E-state index is 13.6. The maximum Gasteiger partial charge on any atom is 0.244 e. The van der Waals surface area contributed by atoms with Crippen LogP contribution in [0.5, 0.6) is 0 Å². The normalized spacial score (nSPS) is 11.6. The zero-order valence-electron chi connectivity index (χ0n) is 10.4. The molecular formula is C12H14ClFN2O2S. The molecule has 0 saturated heterocycles. The number of benzene rings is 1. The van der Waals surface area contributed by atoms with Crippen LogP contribution in [0.3, 0.4) is 0 Å². The highest BCUT2D eigenvalue weighted by molar-refractivity contribution is 7.89. The first-order valence-electron chi connectivity index (χ1n) is 5.50. The smallest absolute Gasteiger partial charge is 0.244 e. The second kappa shape index (κ2) is 6.35. The van der Waals surface area contributed by atoms with E-state index in [9.17, 15) is 12.8 Å². The standard InChI is InChI=1S/C12H14ClFN2O2S/c1-3-5-16(4-2)19(17,18)10-6-9(8-15)12(13)11(14)7-10/h1,6-7H,4-5,8,15H2,2H3. The second-order valence-electron chi connectivity index (χ2n) is 3.72. The summed E-state index contributed by atoms with van der Waals surface area (Å²) in [7, 11) is -3.85. The Hall–Kier alpha value is -1.13. The van der Waals surface area contributed by atoms with Gasteiger partial charge in [0.25, 0.3) is 0 Å². The lowest BCUT2D eigenvalue weighted by molar-refractivity contribution is 0.463. The Morgan fingerprint density at radius 3 is 2.63 bits per heavy atom. The molecule has 1 rings (SSSR count). The van der Waals surface area contributed by atoms with Gasteiger partial charge in [0.15, 0.2) is 0 Å². The average Bonchev–Trinajstić information content (AvgIpc) is 2.38. The van der Waals surface area contributed by atoms with Crippen molar-refractivity contribution in [2.75, 3.05) is 13.1 Å². The van der Waals surface area contributed by atoms with E-state index >= 15 is 0 Å². The summed E-state index contributed by atoms with van der Waals surface area (Å²) in [6.07, 6.45) is 5.12. The summed E-state index contributed by atoms with van der Waals surface area (Å²) in [6.45, 7) is 1.70. The first-order valence-corrected chi connectivity index (χ1v) is 7.31. The van der Waals surface area contributed by atoms with Crippen molar-refractivity contribution >= 4 is 21.6 Å². The van der Waals surface area contributed by atoms with Crippen molar-refractivity contribution in [3.8, 4) is 12.3 Å². The average molecular weight is 305 g/mol. The summed E-state index contributed by atoms with van der Waals surface area (Å²) in [6, 6.07) is 2.13. The fourth-order valence-corrected chi connectivity index (χ4v) is 3.15. The molecule has 0 bridgehead atoms. The Bertz CT molecular complexity index is 611. The Balaban J connectivity index is 3.37. The van der Waals surface area contributed by atoms with Gasteiger partial charge in [-0.2, -0.15) is 4.31 Å². The number of terminal acetylenes is 1. The van der Waals surface area contributed by atoms with E-state index in [1.165, 1.54) is 6.07 Å². The third kappa shape index (κ3) is 3.25. The number of hydrogen-bond acceptors (Lipinski definition) is 3. The summed E-state index contributed by atoms with van der Waals surface area (Å²) in [5.74, 6) is 1.43. The van der Waals surface area contributed by atoms with Crippen molar-refractivity contribution in [3.05, 3.63) is 28.5 Å². The van der Waals surface area contributed by atoms with Gasteiger partial charge in [-0.1, -0.05) is 24.4 Å². The lowest BCUT2D eigenvalue weighted by atomic mass is 10.2. The molecule has 1 aromatic rings. The summed E-state index contributed by atoms with van der Waals surface area (Å²) in [5.41, 5.74) is 5.64. The summed E-state index contributed by atoms with van der Waals surface area (Å²) >= 11 is 5.69. The zero-order valence-corrected chi connectivity index (χ0v) is 11.9. The van der Waals surface area contributed by atoms with E-state index in [2.05, 4.69) is 5.92 Å². The predicted molar refractivity (Wildman–Crippen MR) is 72.6 cm³/mol. The minimum Gasteiger partial charge on any atom is -0.326 e. The fourth-order valence-electron chi connectivity index (χ4n) is 1.53. The van der Waals surface area contributed by atoms with E-state index in [1.54, 1.807) is 6.92 Å². The van der Waals surface area contributed by atoms with Gasteiger partial charge in [0.1, 0.15) is 5.82 Å². The van der Waals surface area contributed by atoms with Gasteiger partial charge in [0.05, 0.1) is 16.5 Å². The molecule has 0 aliphatic carbocycles. The van der Waals surface area contributed by atoms with Gasteiger partial charge in [-0.05, 0) is 17.7 Å². The van der Waals surface area contributed by atoms with Crippen LogP contribution in [0.1, 0.15) is 12.5 Å². The van der Waals surface area contributed by atoms with E-state index in [-0.39, 0.29) is 35.1 Å². The molecule has 0 heterocycles. The van der Waals surface area contributed by atoms with Crippen LogP contribution in [0.4, 0.5) is 4.39 Å². The molecule has 2 N–H and O–H groups in total. The third-order valence-electron chi connectivity index (χ3n) is 2.56. The second-order valence-corrected chi connectivity index (χ2v) is 6.03. The highest BCUT2D eigenvalue weighted by Crippen LogP contribution is 2.25. The SMILES string of the molecule is C#CCN(CC)S(=O)(=O)c1cc(F)c(Cl)c(CN)c1. The first kappa shape index (κ1) is 15.9. The van der Waals surface area contributed by atoms with Crippen LogP contribution in [0.2, 0.25) is 5.02 Å². The van der Waals surface area contributed by atoms with Crippen LogP contribution in [-0.4, -0.2) is 25.8 Å². The van der Waals surface area contributed by atoms with E-state index in [4.69, 9.17) is 23.8 Å². The van der Waals surface area contributed by atoms with Crippen molar-refractivity contribution in [1.29, 1.82) is 0 Å². The predicted octanol–water partition coefficient (Wildman–Crippen LogP) is 1.58. The van der Waals surface area contributed by atoms with Gasteiger partial charge < -0.3 is 5.73 Å². The van der Waals surface area contributed by atoms with Crippen LogP contribution in [0, 0.1) is 18.2 Å². The van der Waals surface area contributed by atoms with Crippen molar-refractivity contribution in [1.82, 2.24) is 4.31 Å². The van der Waals surface area contributed by atoms with E-state index < -0.39 is 15.8 Å². The lowest BCUT2D eigenvalue weighted by Crippen LogP contribution is -2.31. The quantitative estimate of drug-likeness (QED) is 0.840. The lowest BCUT2D eigenvalue weighted by Gasteiger charge is -2.18. The molecule has 0 spiro atoms. The molecule has 104 valence electrons. The van der Waals surface area contributed by atoms with Gasteiger partial charge in [0.2, 0.25) is 10.0 Å². The van der Waals surface area contributed by atoms with Crippen LogP contribution in [-0.2, 0) is 16.6 Å². The summed E-state index contributed by atoms with van der Waals surface area (Å²) < 4.78 is 39.2. The fraction of sp³-hybridized carbons (Fsp3) is 0.333. The van der Waals surface area contributed by atoms with Crippen molar-refractivity contribution in [2.24, 2.45) is 5.73 Å². The highest BCUT2D eigenvalue weighted by atomic mass is 35.5. The largest absolute Gasteiger partial charge is 0.326 e. The van der Waals surface area contributed by atoms with Crippen molar-refractivity contribution < 1.29 is 12.8 Å². The molecule has 4 nitrogen and oxygen atoms in total. The Kier molecular flexibility index (Phi) is 5.32. The van der Waals surface area contributed by atoms with Crippen molar-refractivity contribution in [3.63, 3.8) is 0 Å².